The summed E-state index contributed by atoms with van der Waals surface area (Å²) in [5.41, 5.74) is 7.18. The van der Waals surface area contributed by atoms with Gasteiger partial charge >= 0.3 is 5.97 Å². The van der Waals surface area contributed by atoms with E-state index in [9.17, 15) is 4.79 Å². The molecule has 0 aromatic heterocycles. The molecule has 1 aromatic rings. The van der Waals surface area contributed by atoms with Gasteiger partial charge in [0.25, 0.3) is 0 Å². The van der Waals surface area contributed by atoms with Crippen molar-refractivity contribution in [3.8, 4) is 0 Å². The van der Waals surface area contributed by atoms with Gasteiger partial charge in [-0.25, -0.2) is 4.79 Å². The third kappa shape index (κ3) is 4.93. The van der Waals surface area contributed by atoms with E-state index < -0.39 is 5.97 Å². The second kappa shape index (κ2) is 8.00. The number of esters is 1. The van der Waals surface area contributed by atoms with Crippen molar-refractivity contribution in [1.29, 1.82) is 0 Å². The third-order valence-electron chi connectivity index (χ3n) is 2.87. The number of nitrogens with two attached hydrogens (primary N) is 1. The largest absolute Gasteiger partial charge is 0.462 e. The Morgan fingerprint density at radius 2 is 2.15 bits per heavy atom. The van der Waals surface area contributed by atoms with Gasteiger partial charge in [0.1, 0.15) is 0 Å². The number of halogens is 1. The van der Waals surface area contributed by atoms with E-state index >= 15 is 0 Å². The number of carbonyl (C=O) groups excluding carboxylic acids is 1. The standard InChI is InChI=1S/C15H23ClN2O2/c1-4-20-15(19)12-8-11(17)9-13(16)14(12)18-7-5-6-10(2)3/h8-10,18H,4-7,17H2,1-3H3. The van der Waals surface area contributed by atoms with E-state index in [4.69, 9.17) is 22.1 Å². The van der Waals surface area contributed by atoms with E-state index in [-0.39, 0.29) is 0 Å². The van der Waals surface area contributed by atoms with Crippen LogP contribution in [0.4, 0.5) is 11.4 Å². The molecule has 112 valence electrons. The monoisotopic (exact) mass is 298 g/mol. The summed E-state index contributed by atoms with van der Waals surface area (Å²) in [5.74, 6) is 0.247. The number of carbonyl (C=O) groups is 1. The molecule has 0 bridgehead atoms. The van der Waals surface area contributed by atoms with Gasteiger partial charge in [0, 0.05) is 12.2 Å². The van der Waals surface area contributed by atoms with Crippen molar-refractivity contribution >= 4 is 28.9 Å². The highest BCUT2D eigenvalue weighted by Gasteiger charge is 2.16. The van der Waals surface area contributed by atoms with Crippen LogP contribution in [0.3, 0.4) is 0 Å². The molecule has 0 fully saturated rings. The lowest BCUT2D eigenvalue weighted by Gasteiger charge is -2.14. The Morgan fingerprint density at radius 3 is 2.75 bits per heavy atom. The van der Waals surface area contributed by atoms with Gasteiger partial charge in [0.2, 0.25) is 0 Å². The second-order valence-electron chi connectivity index (χ2n) is 5.11. The fraction of sp³-hybridized carbons (Fsp3) is 0.533. The van der Waals surface area contributed by atoms with Crippen LogP contribution in [0.1, 0.15) is 44.0 Å². The maximum absolute atomic E-state index is 11.9. The summed E-state index contributed by atoms with van der Waals surface area (Å²) in [5, 5.41) is 3.66. The van der Waals surface area contributed by atoms with E-state index in [0.29, 0.717) is 34.5 Å². The first-order chi connectivity index (χ1) is 9.45. The van der Waals surface area contributed by atoms with Crippen molar-refractivity contribution < 1.29 is 9.53 Å². The van der Waals surface area contributed by atoms with Crippen molar-refractivity contribution in [2.75, 3.05) is 24.2 Å². The highest BCUT2D eigenvalue weighted by atomic mass is 35.5. The van der Waals surface area contributed by atoms with Gasteiger partial charge in [-0.3, -0.25) is 0 Å². The molecule has 0 heterocycles. The van der Waals surface area contributed by atoms with Crippen molar-refractivity contribution in [2.45, 2.75) is 33.6 Å². The molecule has 5 heteroatoms. The molecule has 20 heavy (non-hydrogen) atoms. The van der Waals surface area contributed by atoms with Crippen molar-refractivity contribution in [3.05, 3.63) is 22.7 Å². The zero-order valence-corrected chi connectivity index (χ0v) is 13.1. The van der Waals surface area contributed by atoms with Crippen molar-refractivity contribution in [2.24, 2.45) is 5.92 Å². The highest BCUT2D eigenvalue weighted by molar-refractivity contribution is 6.34. The predicted octanol–water partition coefficient (Wildman–Crippen LogP) is 3.95. The summed E-state index contributed by atoms with van der Waals surface area (Å²) >= 11 is 6.17. The number of nitrogens with one attached hydrogen (secondary N) is 1. The van der Waals surface area contributed by atoms with Gasteiger partial charge in [-0.15, -0.1) is 0 Å². The van der Waals surface area contributed by atoms with Crippen LogP contribution < -0.4 is 11.1 Å². The van der Waals surface area contributed by atoms with Crippen LogP contribution in [0.25, 0.3) is 0 Å². The first-order valence-electron chi connectivity index (χ1n) is 6.95. The Kier molecular flexibility index (Phi) is 6.65. The molecule has 0 unspecified atom stereocenters. The minimum absolute atomic E-state index is 0.318. The van der Waals surface area contributed by atoms with Gasteiger partial charge in [-0.05, 0) is 37.8 Å². The van der Waals surface area contributed by atoms with Gasteiger partial charge < -0.3 is 15.8 Å². The number of ether oxygens (including phenoxy) is 1. The quantitative estimate of drug-likeness (QED) is 0.454. The molecule has 0 atom stereocenters. The van der Waals surface area contributed by atoms with Gasteiger partial charge in [-0.2, -0.15) is 0 Å². The van der Waals surface area contributed by atoms with Gasteiger partial charge in [-0.1, -0.05) is 25.4 Å². The first kappa shape index (κ1) is 16.6. The molecule has 3 N–H and O–H groups in total. The Labute approximate surface area is 125 Å². The smallest absolute Gasteiger partial charge is 0.340 e. The van der Waals surface area contributed by atoms with Crippen LogP contribution in [0.15, 0.2) is 12.1 Å². The SMILES string of the molecule is CCOC(=O)c1cc(N)cc(Cl)c1NCCCC(C)C. The van der Waals surface area contributed by atoms with E-state index in [1.165, 1.54) is 0 Å². The van der Waals surface area contributed by atoms with E-state index in [0.717, 1.165) is 19.4 Å². The minimum atomic E-state index is -0.409. The molecule has 4 nitrogen and oxygen atoms in total. The molecule has 0 saturated heterocycles. The van der Waals surface area contributed by atoms with Crippen molar-refractivity contribution in [3.63, 3.8) is 0 Å². The Hall–Kier alpha value is -1.42. The lowest BCUT2D eigenvalue weighted by molar-refractivity contribution is 0.0527. The molecule has 0 radical (unpaired) electrons. The summed E-state index contributed by atoms with van der Waals surface area (Å²) in [6.07, 6.45) is 2.13. The van der Waals surface area contributed by atoms with Crippen LogP contribution >= 0.6 is 11.6 Å². The predicted molar refractivity (Wildman–Crippen MR) is 84.4 cm³/mol. The average molecular weight is 299 g/mol. The van der Waals surface area contributed by atoms with Crippen LogP contribution in [-0.4, -0.2) is 19.1 Å². The van der Waals surface area contributed by atoms with Crippen LogP contribution in [0.2, 0.25) is 5.02 Å². The normalized spacial score (nSPS) is 10.7. The summed E-state index contributed by atoms with van der Waals surface area (Å²) in [6, 6.07) is 3.23. The van der Waals surface area contributed by atoms with Crippen molar-refractivity contribution in [1.82, 2.24) is 0 Å². The second-order valence-corrected chi connectivity index (χ2v) is 5.52. The maximum atomic E-state index is 11.9. The number of nitrogen functional groups attached to an aromatic ring is 1. The number of hydrogen-bond donors (Lipinski definition) is 2. The van der Waals surface area contributed by atoms with Crippen LogP contribution in [-0.2, 0) is 4.74 Å². The zero-order valence-electron chi connectivity index (χ0n) is 12.3. The van der Waals surface area contributed by atoms with Gasteiger partial charge in [0.05, 0.1) is 22.9 Å². The molecule has 0 aliphatic carbocycles. The van der Waals surface area contributed by atoms with E-state index in [1.807, 2.05) is 0 Å². The molecule has 0 saturated carbocycles. The first-order valence-corrected chi connectivity index (χ1v) is 7.33. The number of hydrogen-bond acceptors (Lipinski definition) is 4. The Bertz CT molecular complexity index is 461. The summed E-state index contributed by atoms with van der Waals surface area (Å²) in [6.45, 7) is 7.20. The summed E-state index contributed by atoms with van der Waals surface area (Å²) in [4.78, 5) is 11.9. The van der Waals surface area contributed by atoms with Gasteiger partial charge in [0.15, 0.2) is 0 Å². The molecule has 1 aromatic carbocycles. The highest BCUT2D eigenvalue weighted by Crippen LogP contribution is 2.30. The number of rotatable bonds is 7. The van der Waals surface area contributed by atoms with E-state index in [1.54, 1.807) is 19.1 Å². The lowest BCUT2D eigenvalue weighted by atomic mass is 10.1. The maximum Gasteiger partial charge on any atom is 0.340 e. The molecule has 0 spiro atoms. The minimum Gasteiger partial charge on any atom is -0.462 e. The fourth-order valence-electron chi connectivity index (χ4n) is 1.90. The molecule has 0 aliphatic heterocycles. The Morgan fingerprint density at radius 1 is 1.45 bits per heavy atom. The molecular weight excluding hydrogens is 276 g/mol. The molecule has 1 rings (SSSR count). The molecular formula is C15H23ClN2O2. The third-order valence-corrected chi connectivity index (χ3v) is 3.17. The number of benzene rings is 1. The van der Waals surface area contributed by atoms with Crippen LogP contribution in [0.5, 0.6) is 0 Å². The average Bonchev–Trinajstić information content (AvgIpc) is 2.35. The van der Waals surface area contributed by atoms with Crippen LogP contribution in [0, 0.1) is 5.92 Å². The number of anilines is 2. The lowest BCUT2D eigenvalue weighted by Crippen LogP contribution is -2.12. The Balaban J connectivity index is 2.84. The topological polar surface area (TPSA) is 64.3 Å². The molecule has 0 aliphatic rings. The fourth-order valence-corrected chi connectivity index (χ4v) is 2.20. The summed E-state index contributed by atoms with van der Waals surface area (Å²) < 4.78 is 5.03. The zero-order chi connectivity index (χ0) is 15.1. The molecule has 0 amide bonds. The summed E-state index contributed by atoms with van der Waals surface area (Å²) in [7, 11) is 0. The van der Waals surface area contributed by atoms with E-state index in [2.05, 4.69) is 19.2 Å².